The molecule has 0 saturated heterocycles. The van der Waals surface area contributed by atoms with Crippen molar-refractivity contribution in [3.8, 4) is 5.75 Å². The van der Waals surface area contributed by atoms with Crippen LogP contribution in [0.4, 0.5) is 0 Å². The summed E-state index contributed by atoms with van der Waals surface area (Å²) in [5, 5.41) is 9.01. The highest BCUT2D eigenvalue weighted by Gasteiger charge is 1.92. The summed E-state index contributed by atoms with van der Waals surface area (Å²) in [4.78, 5) is 0.880. The topological polar surface area (TPSA) is 20.2 Å². The molecule has 0 aliphatic heterocycles. The van der Waals surface area contributed by atoms with E-state index >= 15 is 0 Å². The van der Waals surface area contributed by atoms with Crippen molar-refractivity contribution in [3.05, 3.63) is 23.8 Å². The minimum atomic E-state index is 0.327. The lowest BCUT2D eigenvalue weighted by molar-refractivity contribution is 0.470. The lowest BCUT2D eigenvalue weighted by Crippen LogP contribution is -1.72. The molecule has 1 N–H and O–H groups in total. The van der Waals surface area contributed by atoms with Crippen molar-refractivity contribution in [3.63, 3.8) is 0 Å². The minimum absolute atomic E-state index is 0.327. The number of hydrogen-bond donors (Lipinski definition) is 2. The predicted molar refractivity (Wildman–Crippen MR) is 40.1 cm³/mol. The summed E-state index contributed by atoms with van der Waals surface area (Å²) < 4.78 is 0. The summed E-state index contributed by atoms with van der Waals surface area (Å²) in [5.41, 5.74) is 0.863. The van der Waals surface area contributed by atoms with E-state index < -0.39 is 0 Å². The molecule has 0 aliphatic carbocycles. The van der Waals surface area contributed by atoms with Gasteiger partial charge in [-0.15, -0.1) is 12.6 Å². The monoisotopic (exact) mass is 140 g/mol. The van der Waals surface area contributed by atoms with Gasteiger partial charge in [0.1, 0.15) is 5.75 Å². The van der Waals surface area contributed by atoms with Gasteiger partial charge in [-0.3, -0.25) is 0 Å². The second-order valence-corrected chi connectivity index (χ2v) is 2.49. The van der Waals surface area contributed by atoms with E-state index in [1.807, 2.05) is 13.0 Å². The smallest absolute Gasteiger partial charge is 0.118 e. The average molecular weight is 140 g/mol. The number of benzene rings is 1. The third-order valence-corrected chi connectivity index (χ3v) is 1.46. The first-order valence-corrected chi connectivity index (χ1v) is 3.13. The first-order valence-electron chi connectivity index (χ1n) is 2.69. The van der Waals surface area contributed by atoms with Gasteiger partial charge >= 0.3 is 0 Å². The molecule has 0 bridgehead atoms. The lowest BCUT2D eigenvalue weighted by atomic mass is 10.2. The Balaban J connectivity index is 3.17. The van der Waals surface area contributed by atoms with E-state index in [9.17, 15) is 0 Å². The SMILES string of the molecule is Cc1cc(S)ccc1O. The Morgan fingerprint density at radius 3 is 2.56 bits per heavy atom. The van der Waals surface area contributed by atoms with Crippen LogP contribution in [0.1, 0.15) is 5.56 Å². The number of phenolic OH excluding ortho intramolecular Hbond substituents is 1. The second kappa shape index (κ2) is 2.31. The molecule has 0 spiro atoms. The molecule has 0 amide bonds. The number of hydrogen-bond acceptors (Lipinski definition) is 2. The van der Waals surface area contributed by atoms with E-state index in [1.165, 1.54) is 0 Å². The molecule has 2 heteroatoms. The molecule has 1 rings (SSSR count). The lowest BCUT2D eigenvalue weighted by Gasteiger charge is -1.96. The highest BCUT2D eigenvalue weighted by Crippen LogP contribution is 2.18. The van der Waals surface area contributed by atoms with Crippen LogP contribution in [-0.4, -0.2) is 5.11 Å². The summed E-state index contributed by atoms with van der Waals surface area (Å²) in [6.07, 6.45) is 0. The molecule has 0 unspecified atom stereocenters. The van der Waals surface area contributed by atoms with E-state index in [1.54, 1.807) is 12.1 Å². The number of rotatable bonds is 0. The molecule has 0 aliphatic rings. The van der Waals surface area contributed by atoms with Crippen LogP contribution in [0.5, 0.6) is 5.75 Å². The molecular weight excluding hydrogens is 132 g/mol. The Hall–Kier alpha value is -0.630. The summed E-state index contributed by atoms with van der Waals surface area (Å²) in [6, 6.07) is 5.21. The average Bonchev–Trinajstić information content (AvgIpc) is 1.80. The van der Waals surface area contributed by atoms with Crippen molar-refractivity contribution in [1.29, 1.82) is 0 Å². The molecule has 1 nitrogen and oxygen atoms in total. The fourth-order valence-electron chi connectivity index (χ4n) is 0.640. The Kier molecular flexibility index (Phi) is 1.67. The maximum atomic E-state index is 9.01. The number of phenols is 1. The Morgan fingerprint density at radius 1 is 1.44 bits per heavy atom. The zero-order valence-electron chi connectivity index (χ0n) is 5.13. The molecular formula is C7H8OS. The van der Waals surface area contributed by atoms with Crippen molar-refractivity contribution < 1.29 is 5.11 Å². The molecule has 0 fully saturated rings. The second-order valence-electron chi connectivity index (χ2n) is 1.97. The van der Waals surface area contributed by atoms with E-state index in [-0.39, 0.29) is 0 Å². The summed E-state index contributed by atoms with van der Waals surface area (Å²) >= 11 is 4.09. The molecule has 48 valence electrons. The van der Waals surface area contributed by atoms with Gasteiger partial charge in [0.2, 0.25) is 0 Å². The van der Waals surface area contributed by atoms with Crippen LogP contribution >= 0.6 is 12.6 Å². The van der Waals surface area contributed by atoms with Crippen molar-refractivity contribution in [2.24, 2.45) is 0 Å². The quantitative estimate of drug-likeness (QED) is 0.528. The van der Waals surface area contributed by atoms with Crippen molar-refractivity contribution >= 4 is 12.6 Å². The Bertz CT molecular complexity index is 220. The van der Waals surface area contributed by atoms with Gasteiger partial charge in [-0.1, -0.05) is 0 Å². The maximum Gasteiger partial charge on any atom is 0.118 e. The highest BCUT2D eigenvalue weighted by molar-refractivity contribution is 7.80. The van der Waals surface area contributed by atoms with Gasteiger partial charge in [0.15, 0.2) is 0 Å². The highest BCUT2D eigenvalue weighted by atomic mass is 32.1. The van der Waals surface area contributed by atoms with Gasteiger partial charge in [0.05, 0.1) is 0 Å². The van der Waals surface area contributed by atoms with Crippen molar-refractivity contribution in [1.82, 2.24) is 0 Å². The van der Waals surface area contributed by atoms with Crippen molar-refractivity contribution in [2.45, 2.75) is 11.8 Å². The van der Waals surface area contributed by atoms with Gasteiger partial charge in [0.25, 0.3) is 0 Å². The van der Waals surface area contributed by atoms with E-state index in [2.05, 4.69) is 12.6 Å². The van der Waals surface area contributed by atoms with Crippen LogP contribution in [0.2, 0.25) is 0 Å². The predicted octanol–water partition coefficient (Wildman–Crippen LogP) is 1.99. The van der Waals surface area contributed by atoms with Crippen LogP contribution in [0.3, 0.4) is 0 Å². The van der Waals surface area contributed by atoms with Gasteiger partial charge < -0.3 is 5.11 Å². The van der Waals surface area contributed by atoms with Gasteiger partial charge in [-0.25, -0.2) is 0 Å². The van der Waals surface area contributed by atoms with Crippen LogP contribution in [0, 0.1) is 6.92 Å². The normalized spacial score (nSPS) is 9.56. The van der Waals surface area contributed by atoms with Gasteiger partial charge in [-0.05, 0) is 30.7 Å². The van der Waals surface area contributed by atoms with Crippen LogP contribution < -0.4 is 0 Å². The standard InChI is InChI=1S/C7H8OS/c1-5-4-6(9)2-3-7(5)8/h2-4,8-9H,1H3. The summed E-state index contributed by atoms with van der Waals surface area (Å²) in [6.45, 7) is 1.84. The maximum absolute atomic E-state index is 9.01. The van der Waals surface area contributed by atoms with E-state index in [0.717, 1.165) is 10.5 Å². The first-order chi connectivity index (χ1) is 4.20. The van der Waals surface area contributed by atoms with Gasteiger partial charge in [-0.2, -0.15) is 0 Å². The molecule has 1 aromatic carbocycles. The zero-order valence-corrected chi connectivity index (χ0v) is 6.02. The van der Waals surface area contributed by atoms with E-state index in [4.69, 9.17) is 5.11 Å². The van der Waals surface area contributed by atoms with E-state index in [0.29, 0.717) is 5.75 Å². The molecule has 0 radical (unpaired) electrons. The molecule has 0 atom stereocenters. The molecule has 0 aromatic heterocycles. The van der Waals surface area contributed by atoms with Gasteiger partial charge in [0, 0.05) is 4.90 Å². The fraction of sp³-hybridized carbons (Fsp3) is 0.143. The molecule has 0 heterocycles. The third kappa shape index (κ3) is 1.39. The summed E-state index contributed by atoms with van der Waals surface area (Å²) in [7, 11) is 0. The minimum Gasteiger partial charge on any atom is -0.508 e. The largest absolute Gasteiger partial charge is 0.508 e. The zero-order chi connectivity index (χ0) is 6.85. The molecule has 0 saturated carbocycles. The number of thiol groups is 1. The number of aromatic hydroxyl groups is 1. The number of aryl methyl sites for hydroxylation is 1. The van der Waals surface area contributed by atoms with Crippen LogP contribution in [0.25, 0.3) is 0 Å². The molecule has 9 heavy (non-hydrogen) atoms. The first kappa shape index (κ1) is 6.49. The molecule has 1 aromatic rings. The van der Waals surface area contributed by atoms with Crippen molar-refractivity contribution in [2.75, 3.05) is 0 Å². The van der Waals surface area contributed by atoms with Crippen LogP contribution in [0.15, 0.2) is 23.1 Å². The van der Waals surface area contributed by atoms with Crippen LogP contribution in [-0.2, 0) is 0 Å². The Morgan fingerprint density at radius 2 is 2.11 bits per heavy atom. The third-order valence-electron chi connectivity index (χ3n) is 1.18. The fourth-order valence-corrected chi connectivity index (χ4v) is 0.908. The Labute approximate surface area is 59.7 Å². The summed E-state index contributed by atoms with van der Waals surface area (Å²) in [5.74, 6) is 0.327.